The second-order valence-corrected chi connectivity index (χ2v) is 6.41. The van der Waals surface area contributed by atoms with Gasteiger partial charge in [-0.05, 0) is 11.4 Å². The Kier molecular flexibility index (Phi) is 2.01. The first-order chi connectivity index (χ1) is 6.04. The van der Waals surface area contributed by atoms with Crippen molar-refractivity contribution in [1.82, 2.24) is 4.98 Å². The molecule has 0 fully saturated rings. The Labute approximate surface area is 83.3 Å². The van der Waals surface area contributed by atoms with E-state index in [9.17, 15) is 8.42 Å². The molecule has 1 N–H and O–H groups in total. The van der Waals surface area contributed by atoms with Crippen LogP contribution in [0.3, 0.4) is 0 Å². The molecule has 0 amide bonds. The molecule has 0 bridgehead atoms. The highest BCUT2D eigenvalue weighted by molar-refractivity contribution is 7.92. The molecule has 2 rings (SSSR count). The first-order valence-corrected chi connectivity index (χ1v) is 6.95. The van der Waals surface area contributed by atoms with Crippen molar-refractivity contribution in [1.29, 1.82) is 0 Å². The summed E-state index contributed by atoms with van der Waals surface area (Å²) < 4.78 is 25.1. The highest BCUT2D eigenvalue weighted by atomic mass is 32.2. The van der Waals surface area contributed by atoms with E-state index < -0.39 is 10.0 Å². The summed E-state index contributed by atoms with van der Waals surface area (Å²) in [6.07, 6.45) is 1.11. The largest absolute Gasteiger partial charge is 0.259 e. The van der Waals surface area contributed by atoms with E-state index in [0.29, 0.717) is 5.13 Å². The third-order valence-corrected chi connectivity index (χ3v) is 4.00. The molecule has 0 aliphatic heterocycles. The minimum Gasteiger partial charge on any atom is -0.259 e. The predicted octanol–water partition coefficient (Wildman–Crippen LogP) is 1.73. The van der Waals surface area contributed by atoms with E-state index >= 15 is 0 Å². The van der Waals surface area contributed by atoms with E-state index in [1.165, 1.54) is 11.3 Å². The maximum atomic E-state index is 10.9. The van der Waals surface area contributed by atoms with Crippen molar-refractivity contribution >= 4 is 47.4 Å². The van der Waals surface area contributed by atoms with Gasteiger partial charge in [-0.15, -0.1) is 11.3 Å². The number of hydrogen-bond acceptors (Lipinski definition) is 5. The molecule has 4 nitrogen and oxygen atoms in total. The number of sulfonamides is 1. The van der Waals surface area contributed by atoms with Gasteiger partial charge < -0.3 is 0 Å². The molecule has 13 heavy (non-hydrogen) atoms. The highest BCUT2D eigenvalue weighted by Crippen LogP contribution is 2.30. The van der Waals surface area contributed by atoms with E-state index in [4.69, 9.17) is 0 Å². The maximum Gasteiger partial charge on any atom is 0.231 e. The first-order valence-electron chi connectivity index (χ1n) is 3.36. The normalized spacial score (nSPS) is 12.1. The topological polar surface area (TPSA) is 59.1 Å². The molecule has 0 spiro atoms. The van der Waals surface area contributed by atoms with Crippen molar-refractivity contribution in [3.05, 3.63) is 11.4 Å². The fraction of sp³-hybridized carbons (Fsp3) is 0.167. The quantitative estimate of drug-likeness (QED) is 0.861. The fourth-order valence-corrected chi connectivity index (χ4v) is 3.54. The van der Waals surface area contributed by atoms with E-state index in [-0.39, 0.29) is 0 Å². The number of fused-ring (bicyclic) bond motifs is 1. The van der Waals surface area contributed by atoms with Crippen LogP contribution in [0, 0.1) is 0 Å². The van der Waals surface area contributed by atoms with Crippen LogP contribution in [0.4, 0.5) is 5.13 Å². The van der Waals surface area contributed by atoms with Crippen LogP contribution in [0.5, 0.6) is 0 Å². The van der Waals surface area contributed by atoms with Crippen molar-refractivity contribution in [2.45, 2.75) is 0 Å². The SMILES string of the molecule is CS(=O)(=O)Nc1nc2ccsc2s1. The summed E-state index contributed by atoms with van der Waals surface area (Å²) in [6, 6.07) is 1.87. The molecular weight excluding hydrogens is 228 g/mol. The molecule has 0 aromatic carbocycles. The Morgan fingerprint density at radius 3 is 2.92 bits per heavy atom. The third kappa shape index (κ3) is 1.98. The van der Waals surface area contributed by atoms with Gasteiger partial charge in [0.1, 0.15) is 4.01 Å². The number of thiazole rings is 1. The summed E-state index contributed by atoms with van der Waals surface area (Å²) in [5, 5.41) is 2.36. The van der Waals surface area contributed by atoms with Gasteiger partial charge >= 0.3 is 0 Å². The maximum absolute atomic E-state index is 10.9. The fourth-order valence-electron chi connectivity index (χ4n) is 0.870. The van der Waals surface area contributed by atoms with Crippen LogP contribution in [0.25, 0.3) is 9.53 Å². The summed E-state index contributed by atoms with van der Waals surface area (Å²) in [7, 11) is -3.20. The predicted molar refractivity (Wildman–Crippen MR) is 56.0 cm³/mol. The number of hydrogen-bond donors (Lipinski definition) is 1. The Bertz CT molecular complexity index is 496. The van der Waals surface area contributed by atoms with Crippen LogP contribution in [0.2, 0.25) is 0 Å². The van der Waals surface area contributed by atoms with Gasteiger partial charge in [0.25, 0.3) is 0 Å². The van der Waals surface area contributed by atoms with Crippen LogP contribution in [-0.4, -0.2) is 19.7 Å². The molecule has 0 saturated heterocycles. The average Bonchev–Trinajstić information content (AvgIpc) is 2.40. The lowest BCUT2D eigenvalue weighted by Gasteiger charge is -1.95. The first kappa shape index (κ1) is 8.92. The molecule has 2 aromatic rings. The molecule has 0 aliphatic rings. The van der Waals surface area contributed by atoms with Crippen molar-refractivity contribution in [3.63, 3.8) is 0 Å². The Morgan fingerprint density at radius 2 is 2.31 bits per heavy atom. The number of nitrogens with zero attached hydrogens (tertiary/aromatic N) is 1. The van der Waals surface area contributed by atoms with Crippen LogP contribution < -0.4 is 4.72 Å². The standard InChI is InChI=1S/C6H6N2O2S3/c1-13(9,10)8-6-7-4-2-3-11-5(4)12-6/h2-3H,1H3,(H,7,8). The molecule has 70 valence electrons. The van der Waals surface area contributed by atoms with Gasteiger partial charge in [0.05, 0.1) is 11.8 Å². The van der Waals surface area contributed by atoms with E-state index in [1.807, 2.05) is 11.4 Å². The van der Waals surface area contributed by atoms with Crippen LogP contribution in [-0.2, 0) is 10.0 Å². The minimum absolute atomic E-state index is 0.435. The number of anilines is 1. The minimum atomic E-state index is -3.20. The van der Waals surface area contributed by atoms with Crippen LogP contribution in [0.15, 0.2) is 11.4 Å². The zero-order chi connectivity index (χ0) is 9.47. The molecule has 2 heterocycles. The monoisotopic (exact) mass is 234 g/mol. The summed E-state index contributed by atoms with van der Waals surface area (Å²) in [5.74, 6) is 0. The zero-order valence-electron chi connectivity index (χ0n) is 6.64. The second-order valence-electron chi connectivity index (χ2n) is 2.49. The molecular formula is C6H6N2O2S3. The smallest absolute Gasteiger partial charge is 0.231 e. The van der Waals surface area contributed by atoms with E-state index in [2.05, 4.69) is 9.71 Å². The highest BCUT2D eigenvalue weighted by Gasteiger charge is 2.08. The Morgan fingerprint density at radius 1 is 1.54 bits per heavy atom. The summed E-state index contributed by atoms with van der Waals surface area (Å²) in [5.41, 5.74) is 0.848. The average molecular weight is 234 g/mol. The van der Waals surface area contributed by atoms with Gasteiger partial charge in [-0.1, -0.05) is 11.3 Å². The van der Waals surface area contributed by atoms with Gasteiger partial charge in [0.15, 0.2) is 5.13 Å². The lowest BCUT2D eigenvalue weighted by atomic mass is 10.6. The molecule has 0 aliphatic carbocycles. The van der Waals surface area contributed by atoms with Crippen molar-refractivity contribution in [2.24, 2.45) is 0 Å². The van der Waals surface area contributed by atoms with Gasteiger partial charge in [-0.2, -0.15) is 0 Å². The van der Waals surface area contributed by atoms with Gasteiger partial charge in [-0.3, -0.25) is 4.72 Å². The number of thiophene rings is 1. The lowest BCUT2D eigenvalue weighted by Crippen LogP contribution is -2.08. The van der Waals surface area contributed by atoms with E-state index in [0.717, 1.165) is 15.8 Å². The summed E-state index contributed by atoms with van der Waals surface area (Å²) >= 11 is 2.90. The van der Waals surface area contributed by atoms with Crippen molar-refractivity contribution in [3.8, 4) is 0 Å². The molecule has 0 atom stereocenters. The number of rotatable bonds is 2. The Hall–Kier alpha value is -0.660. The number of aromatic nitrogens is 1. The zero-order valence-corrected chi connectivity index (χ0v) is 9.09. The number of nitrogens with one attached hydrogen (secondary N) is 1. The van der Waals surface area contributed by atoms with Crippen LogP contribution >= 0.6 is 22.7 Å². The van der Waals surface area contributed by atoms with Gasteiger partial charge in [-0.25, -0.2) is 13.4 Å². The van der Waals surface area contributed by atoms with Gasteiger partial charge in [0, 0.05) is 0 Å². The summed E-state index contributed by atoms with van der Waals surface area (Å²) in [4.78, 5) is 4.10. The van der Waals surface area contributed by atoms with Crippen LogP contribution in [0.1, 0.15) is 0 Å². The second kappa shape index (κ2) is 2.93. The van der Waals surface area contributed by atoms with Crippen molar-refractivity contribution in [2.75, 3.05) is 11.0 Å². The molecule has 7 heteroatoms. The molecule has 0 unspecified atom stereocenters. The summed E-state index contributed by atoms with van der Waals surface area (Å²) in [6.45, 7) is 0. The lowest BCUT2D eigenvalue weighted by molar-refractivity contribution is 0.607. The molecule has 0 radical (unpaired) electrons. The van der Waals surface area contributed by atoms with Gasteiger partial charge in [0.2, 0.25) is 10.0 Å². The Balaban J connectivity index is 2.41. The molecule has 2 aromatic heterocycles. The van der Waals surface area contributed by atoms with E-state index in [1.54, 1.807) is 11.3 Å². The van der Waals surface area contributed by atoms with Crippen molar-refractivity contribution < 1.29 is 8.42 Å². The molecule has 0 saturated carbocycles. The third-order valence-electron chi connectivity index (χ3n) is 1.29.